The Hall–Kier alpha value is -0.570. The van der Waals surface area contributed by atoms with Gasteiger partial charge in [-0.15, -0.1) is 0 Å². The summed E-state index contributed by atoms with van der Waals surface area (Å²) in [5.41, 5.74) is 5.27. The third kappa shape index (κ3) is 1.97. The molecule has 0 bridgehead atoms. The first-order valence-electron chi connectivity index (χ1n) is 4.64. The van der Waals surface area contributed by atoms with Gasteiger partial charge in [0.05, 0.1) is 0 Å². The number of nitrogens with two attached hydrogens (primary N) is 1. The molecule has 0 aromatic rings. The second-order valence-corrected chi connectivity index (χ2v) is 3.78. The fourth-order valence-electron chi connectivity index (χ4n) is 1.63. The smallest absolute Gasteiger partial charge is 0.221 e. The van der Waals surface area contributed by atoms with Crippen molar-refractivity contribution in [3.63, 3.8) is 0 Å². The van der Waals surface area contributed by atoms with Crippen LogP contribution in [-0.4, -0.2) is 18.5 Å². The van der Waals surface area contributed by atoms with Gasteiger partial charge >= 0.3 is 0 Å². The number of amides is 1. The highest BCUT2D eigenvalue weighted by Crippen LogP contribution is 2.33. The van der Waals surface area contributed by atoms with Crippen LogP contribution in [0.1, 0.15) is 26.7 Å². The molecule has 3 atom stereocenters. The van der Waals surface area contributed by atoms with Crippen molar-refractivity contribution in [2.75, 3.05) is 6.54 Å². The molecule has 0 aromatic carbocycles. The molecule has 0 radical (unpaired) electrons. The molecule has 0 aliphatic heterocycles. The van der Waals surface area contributed by atoms with Crippen molar-refractivity contribution < 1.29 is 4.79 Å². The molecular formula is C9H18N2O. The molecule has 1 saturated carbocycles. The van der Waals surface area contributed by atoms with Crippen molar-refractivity contribution in [2.45, 2.75) is 32.7 Å². The van der Waals surface area contributed by atoms with Gasteiger partial charge in [-0.05, 0) is 18.3 Å². The van der Waals surface area contributed by atoms with E-state index in [9.17, 15) is 4.79 Å². The summed E-state index contributed by atoms with van der Waals surface area (Å²) < 4.78 is 0. The Kier molecular flexibility index (Phi) is 3.09. The van der Waals surface area contributed by atoms with Crippen LogP contribution in [0.2, 0.25) is 0 Å². The van der Waals surface area contributed by atoms with Crippen molar-refractivity contribution >= 4 is 5.91 Å². The first-order valence-corrected chi connectivity index (χ1v) is 4.64. The molecule has 3 unspecified atom stereocenters. The third-order valence-corrected chi connectivity index (χ3v) is 2.88. The zero-order valence-electron chi connectivity index (χ0n) is 7.84. The van der Waals surface area contributed by atoms with Gasteiger partial charge < -0.3 is 11.1 Å². The maximum absolute atomic E-state index is 11.1. The maximum atomic E-state index is 11.1. The van der Waals surface area contributed by atoms with E-state index in [1.165, 1.54) is 0 Å². The van der Waals surface area contributed by atoms with Gasteiger partial charge in [0.2, 0.25) is 5.91 Å². The van der Waals surface area contributed by atoms with Crippen molar-refractivity contribution in [1.29, 1.82) is 0 Å². The van der Waals surface area contributed by atoms with Crippen molar-refractivity contribution in [3.05, 3.63) is 0 Å². The van der Waals surface area contributed by atoms with Crippen LogP contribution in [0.4, 0.5) is 0 Å². The summed E-state index contributed by atoms with van der Waals surface area (Å²) in [6.45, 7) is 4.85. The Balaban J connectivity index is 2.20. The minimum absolute atomic E-state index is 0.0984. The van der Waals surface area contributed by atoms with E-state index in [1.807, 2.05) is 0 Å². The van der Waals surface area contributed by atoms with Crippen molar-refractivity contribution in [2.24, 2.45) is 17.6 Å². The van der Waals surface area contributed by atoms with Gasteiger partial charge in [0.25, 0.3) is 0 Å². The normalized spacial score (nSPS) is 34.1. The standard InChI is InChI=1S/C9H18N2O/c1-6-5-8(7(6)2)11-9(12)3-4-10/h6-8H,3-5,10H2,1-2H3,(H,11,12). The van der Waals surface area contributed by atoms with Gasteiger partial charge in [-0.3, -0.25) is 4.79 Å². The second kappa shape index (κ2) is 3.90. The predicted octanol–water partition coefficient (Wildman–Crippen LogP) is 0.496. The van der Waals surface area contributed by atoms with Crippen molar-refractivity contribution in [3.8, 4) is 0 Å². The number of carbonyl (C=O) groups is 1. The van der Waals surface area contributed by atoms with Gasteiger partial charge in [-0.2, -0.15) is 0 Å². The topological polar surface area (TPSA) is 55.1 Å². The summed E-state index contributed by atoms with van der Waals surface area (Å²) in [5.74, 6) is 1.49. The zero-order valence-corrected chi connectivity index (χ0v) is 7.84. The largest absolute Gasteiger partial charge is 0.353 e. The Morgan fingerprint density at radius 2 is 2.25 bits per heavy atom. The number of rotatable bonds is 3. The Labute approximate surface area is 73.7 Å². The van der Waals surface area contributed by atoms with E-state index in [1.54, 1.807) is 0 Å². The molecular weight excluding hydrogens is 152 g/mol. The lowest BCUT2D eigenvalue weighted by Gasteiger charge is -2.41. The quantitative estimate of drug-likeness (QED) is 0.648. The van der Waals surface area contributed by atoms with E-state index >= 15 is 0 Å². The molecule has 1 fully saturated rings. The minimum Gasteiger partial charge on any atom is -0.353 e. The number of hydrogen-bond donors (Lipinski definition) is 2. The minimum atomic E-state index is 0.0984. The van der Waals surface area contributed by atoms with E-state index in [0.29, 0.717) is 24.9 Å². The number of nitrogens with one attached hydrogen (secondary N) is 1. The van der Waals surface area contributed by atoms with Gasteiger partial charge in [0.15, 0.2) is 0 Å². The number of carbonyl (C=O) groups excluding carboxylic acids is 1. The molecule has 70 valence electrons. The van der Waals surface area contributed by atoms with Crippen LogP contribution < -0.4 is 11.1 Å². The summed E-state index contributed by atoms with van der Waals surface area (Å²) in [6.07, 6.45) is 1.58. The Bertz CT molecular complexity index is 170. The molecule has 3 heteroatoms. The molecule has 0 saturated heterocycles. The molecule has 1 rings (SSSR count). The summed E-state index contributed by atoms with van der Waals surface area (Å²) >= 11 is 0. The molecule has 3 N–H and O–H groups in total. The van der Waals surface area contributed by atoms with Crippen LogP contribution >= 0.6 is 0 Å². The highest BCUT2D eigenvalue weighted by molar-refractivity contribution is 5.76. The third-order valence-electron chi connectivity index (χ3n) is 2.88. The molecule has 1 aliphatic carbocycles. The summed E-state index contributed by atoms with van der Waals surface area (Å²) in [7, 11) is 0. The van der Waals surface area contributed by atoms with Crippen molar-refractivity contribution in [1.82, 2.24) is 5.32 Å². The summed E-state index contributed by atoms with van der Waals surface area (Å²) in [4.78, 5) is 11.1. The summed E-state index contributed by atoms with van der Waals surface area (Å²) in [5, 5.41) is 2.98. The molecule has 0 spiro atoms. The van der Waals surface area contributed by atoms with E-state index < -0.39 is 0 Å². The Morgan fingerprint density at radius 1 is 1.58 bits per heavy atom. The van der Waals surface area contributed by atoms with Gasteiger partial charge in [0.1, 0.15) is 0 Å². The van der Waals surface area contributed by atoms with Gasteiger partial charge in [-0.1, -0.05) is 13.8 Å². The van der Waals surface area contributed by atoms with Crippen LogP contribution in [0, 0.1) is 11.8 Å². The monoisotopic (exact) mass is 170 g/mol. The molecule has 0 aromatic heterocycles. The van der Waals surface area contributed by atoms with E-state index in [-0.39, 0.29) is 5.91 Å². The molecule has 1 aliphatic rings. The molecule has 12 heavy (non-hydrogen) atoms. The average molecular weight is 170 g/mol. The fourth-order valence-corrected chi connectivity index (χ4v) is 1.63. The molecule has 0 heterocycles. The van der Waals surface area contributed by atoms with E-state index in [0.717, 1.165) is 12.3 Å². The van der Waals surface area contributed by atoms with Crippen LogP contribution in [0.5, 0.6) is 0 Å². The predicted molar refractivity (Wildman–Crippen MR) is 48.5 cm³/mol. The SMILES string of the molecule is CC1CC(NC(=O)CCN)C1C. The highest BCUT2D eigenvalue weighted by atomic mass is 16.1. The van der Waals surface area contributed by atoms with Crippen LogP contribution in [0.15, 0.2) is 0 Å². The lowest BCUT2D eigenvalue weighted by atomic mass is 9.71. The Morgan fingerprint density at radius 3 is 2.67 bits per heavy atom. The molecule has 3 nitrogen and oxygen atoms in total. The first-order chi connectivity index (χ1) is 5.65. The summed E-state index contributed by atoms with van der Waals surface area (Å²) in [6, 6.07) is 0.402. The molecule has 1 amide bonds. The lowest BCUT2D eigenvalue weighted by molar-refractivity contribution is -0.123. The zero-order chi connectivity index (χ0) is 9.14. The highest BCUT2D eigenvalue weighted by Gasteiger charge is 2.34. The first kappa shape index (κ1) is 9.52. The van der Waals surface area contributed by atoms with E-state index in [4.69, 9.17) is 5.73 Å². The van der Waals surface area contributed by atoms with Crippen LogP contribution in [0.3, 0.4) is 0 Å². The van der Waals surface area contributed by atoms with E-state index in [2.05, 4.69) is 19.2 Å². The van der Waals surface area contributed by atoms with Crippen LogP contribution in [-0.2, 0) is 4.79 Å². The average Bonchev–Trinajstić information content (AvgIpc) is 2.04. The number of hydrogen-bond acceptors (Lipinski definition) is 2. The van der Waals surface area contributed by atoms with Gasteiger partial charge in [-0.25, -0.2) is 0 Å². The fraction of sp³-hybridized carbons (Fsp3) is 0.889. The maximum Gasteiger partial charge on any atom is 0.221 e. The second-order valence-electron chi connectivity index (χ2n) is 3.78. The van der Waals surface area contributed by atoms with Crippen LogP contribution in [0.25, 0.3) is 0 Å². The lowest BCUT2D eigenvalue weighted by Crippen LogP contribution is -2.50. The van der Waals surface area contributed by atoms with Gasteiger partial charge in [0, 0.05) is 19.0 Å².